The second-order valence-electron chi connectivity index (χ2n) is 2.72. The number of halogens is 1. The highest BCUT2D eigenvalue weighted by atomic mass is 35.5. The van der Waals surface area contributed by atoms with E-state index in [1.54, 1.807) is 6.92 Å². The van der Waals surface area contributed by atoms with Gasteiger partial charge in [-0.15, -0.1) is 12.4 Å². The van der Waals surface area contributed by atoms with Gasteiger partial charge < -0.3 is 15.6 Å². The smallest absolute Gasteiger partial charge is 0.340 e. The van der Waals surface area contributed by atoms with Gasteiger partial charge in [-0.25, -0.2) is 4.79 Å². The summed E-state index contributed by atoms with van der Waals surface area (Å²) in [6.45, 7) is 1.71. The summed E-state index contributed by atoms with van der Waals surface area (Å²) in [4.78, 5) is 11.1. The number of esters is 1. The van der Waals surface area contributed by atoms with Gasteiger partial charge in [0, 0.05) is 5.69 Å². The number of phenols is 1. The van der Waals surface area contributed by atoms with Gasteiger partial charge in [0.25, 0.3) is 0 Å². The van der Waals surface area contributed by atoms with Crippen molar-refractivity contribution in [3.63, 3.8) is 0 Å². The minimum atomic E-state index is -0.545. The van der Waals surface area contributed by atoms with E-state index in [1.165, 1.54) is 19.2 Å². The van der Waals surface area contributed by atoms with Crippen LogP contribution in [-0.4, -0.2) is 18.2 Å². The standard InChI is InChI=1S/C9H11NO3.ClH/c1-5-3-6(11)4-7(8(5)10)9(12)13-2;/h3-4,11H,10H2,1-2H3;1H. The molecule has 0 unspecified atom stereocenters. The first-order valence-electron chi connectivity index (χ1n) is 3.73. The number of aromatic hydroxyl groups is 1. The zero-order chi connectivity index (χ0) is 10.0. The highest BCUT2D eigenvalue weighted by Gasteiger charge is 2.12. The lowest BCUT2D eigenvalue weighted by Gasteiger charge is -2.06. The fraction of sp³-hybridized carbons (Fsp3) is 0.222. The van der Waals surface area contributed by atoms with Gasteiger partial charge in [-0.1, -0.05) is 0 Å². The Balaban J connectivity index is 0.00000169. The fourth-order valence-electron chi connectivity index (χ4n) is 1.06. The molecule has 1 aromatic carbocycles. The number of carbonyl (C=O) groups excluding carboxylic acids is 1. The maximum absolute atomic E-state index is 11.1. The molecular formula is C9H12ClNO3. The van der Waals surface area contributed by atoms with Gasteiger partial charge in [-0.05, 0) is 24.6 Å². The van der Waals surface area contributed by atoms with E-state index in [9.17, 15) is 9.90 Å². The van der Waals surface area contributed by atoms with Crippen molar-refractivity contribution in [3.8, 4) is 5.75 Å². The van der Waals surface area contributed by atoms with Crippen LogP contribution in [0.1, 0.15) is 15.9 Å². The number of carbonyl (C=O) groups is 1. The molecule has 0 radical (unpaired) electrons. The van der Waals surface area contributed by atoms with E-state index in [-0.39, 0.29) is 23.7 Å². The van der Waals surface area contributed by atoms with E-state index in [0.29, 0.717) is 11.3 Å². The predicted octanol–water partition coefficient (Wildman–Crippen LogP) is 1.49. The average Bonchev–Trinajstić information content (AvgIpc) is 2.10. The maximum Gasteiger partial charge on any atom is 0.340 e. The minimum Gasteiger partial charge on any atom is -0.508 e. The lowest BCUT2D eigenvalue weighted by atomic mass is 10.1. The van der Waals surface area contributed by atoms with Crippen molar-refractivity contribution in [2.24, 2.45) is 0 Å². The lowest BCUT2D eigenvalue weighted by molar-refractivity contribution is 0.0601. The van der Waals surface area contributed by atoms with Crippen LogP contribution in [0.4, 0.5) is 5.69 Å². The van der Waals surface area contributed by atoms with Gasteiger partial charge in [-0.2, -0.15) is 0 Å². The monoisotopic (exact) mass is 217 g/mol. The number of aryl methyl sites for hydroxylation is 1. The molecule has 1 rings (SSSR count). The number of methoxy groups -OCH3 is 1. The molecule has 0 atom stereocenters. The second-order valence-corrected chi connectivity index (χ2v) is 2.72. The molecule has 0 heterocycles. The third-order valence-corrected chi connectivity index (χ3v) is 1.78. The number of nitrogen functional groups attached to an aromatic ring is 1. The zero-order valence-electron chi connectivity index (χ0n) is 7.90. The van der Waals surface area contributed by atoms with Crippen LogP contribution in [-0.2, 0) is 4.74 Å². The molecule has 0 aliphatic rings. The summed E-state index contributed by atoms with van der Waals surface area (Å²) in [5.41, 5.74) is 6.80. The predicted molar refractivity (Wildman–Crippen MR) is 55.8 cm³/mol. The van der Waals surface area contributed by atoms with Gasteiger partial charge in [0.05, 0.1) is 12.7 Å². The van der Waals surface area contributed by atoms with Crippen LogP contribution < -0.4 is 5.73 Å². The van der Waals surface area contributed by atoms with Gasteiger partial charge in [0.1, 0.15) is 5.75 Å². The zero-order valence-corrected chi connectivity index (χ0v) is 8.72. The molecule has 4 nitrogen and oxygen atoms in total. The number of anilines is 1. The highest BCUT2D eigenvalue weighted by molar-refractivity contribution is 5.96. The molecular weight excluding hydrogens is 206 g/mol. The molecule has 78 valence electrons. The first-order valence-corrected chi connectivity index (χ1v) is 3.73. The SMILES string of the molecule is COC(=O)c1cc(O)cc(C)c1N.Cl. The van der Waals surface area contributed by atoms with E-state index in [2.05, 4.69) is 4.74 Å². The van der Waals surface area contributed by atoms with Crippen LogP contribution in [0.15, 0.2) is 12.1 Å². The molecule has 0 aromatic heterocycles. The summed E-state index contributed by atoms with van der Waals surface area (Å²) < 4.78 is 4.50. The van der Waals surface area contributed by atoms with Crippen LogP contribution in [0.2, 0.25) is 0 Å². The lowest BCUT2D eigenvalue weighted by Crippen LogP contribution is -2.06. The number of benzene rings is 1. The molecule has 1 aromatic rings. The molecule has 0 spiro atoms. The molecule has 14 heavy (non-hydrogen) atoms. The van der Waals surface area contributed by atoms with E-state index in [0.717, 1.165) is 0 Å². The third-order valence-electron chi connectivity index (χ3n) is 1.78. The van der Waals surface area contributed by atoms with Crippen molar-refractivity contribution in [1.82, 2.24) is 0 Å². The summed E-state index contributed by atoms with van der Waals surface area (Å²) in [5.74, 6) is -0.538. The molecule has 0 aliphatic heterocycles. The Labute approximate surface area is 88.1 Å². The second kappa shape index (κ2) is 4.72. The Kier molecular flexibility index (Phi) is 4.24. The first kappa shape index (κ1) is 12.6. The summed E-state index contributed by atoms with van der Waals surface area (Å²) in [6, 6.07) is 2.77. The van der Waals surface area contributed by atoms with E-state index in [4.69, 9.17) is 5.73 Å². The average molecular weight is 218 g/mol. The van der Waals surface area contributed by atoms with Crippen LogP contribution >= 0.6 is 12.4 Å². The van der Waals surface area contributed by atoms with Crippen LogP contribution in [0, 0.1) is 6.92 Å². The van der Waals surface area contributed by atoms with Crippen molar-refractivity contribution in [2.75, 3.05) is 12.8 Å². The Morgan fingerprint density at radius 1 is 1.50 bits per heavy atom. The largest absolute Gasteiger partial charge is 0.508 e. The van der Waals surface area contributed by atoms with Crippen LogP contribution in [0.3, 0.4) is 0 Å². The normalized spacial score (nSPS) is 9.00. The molecule has 0 bridgehead atoms. The van der Waals surface area contributed by atoms with Crippen LogP contribution in [0.5, 0.6) is 5.75 Å². The fourth-order valence-corrected chi connectivity index (χ4v) is 1.06. The van der Waals surface area contributed by atoms with E-state index < -0.39 is 5.97 Å². The molecule has 3 N–H and O–H groups in total. The molecule has 0 saturated carbocycles. The Bertz CT molecular complexity index is 352. The summed E-state index contributed by atoms with van der Waals surface area (Å²) in [7, 11) is 1.27. The Morgan fingerprint density at radius 2 is 2.07 bits per heavy atom. The third kappa shape index (κ3) is 2.29. The van der Waals surface area contributed by atoms with Crippen molar-refractivity contribution < 1.29 is 14.6 Å². The Morgan fingerprint density at radius 3 is 2.57 bits per heavy atom. The number of ether oxygens (including phenoxy) is 1. The summed E-state index contributed by atoms with van der Waals surface area (Å²) in [6.07, 6.45) is 0. The first-order chi connectivity index (χ1) is 6.06. The molecule has 0 fully saturated rings. The van der Waals surface area contributed by atoms with Crippen molar-refractivity contribution in [2.45, 2.75) is 6.92 Å². The van der Waals surface area contributed by atoms with Crippen molar-refractivity contribution in [1.29, 1.82) is 0 Å². The van der Waals surface area contributed by atoms with Gasteiger partial charge in [0.15, 0.2) is 0 Å². The van der Waals surface area contributed by atoms with E-state index >= 15 is 0 Å². The van der Waals surface area contributed by atoms with E-state index in [1.807, 2.05) is 0 Å². The minimum absolute atomic E-state index is 0. The number of hydrogen-bond acceptors (Lipinski definition) is 4. The summed E-state index contributed by atoms with van der Waals surface area (Å²) >= 11 is 0. The molecule has 0 aliphatic carbocycles. The van der Waals surface area contributed by atoms with Gasteiger partial charge in [-0.3, -0.25) is 0 Å². The van der Waals surface area contributed by atoms with Crippen molar-refractivity contribution in [3.05, 3.63) is 23.3 Å². The van der Waals surface area contributed by atoms with Gasteiger partial charge in [0.2, 0.25) is 0 Å². The quantitative estimate of drug-likeness (QED) is 0.425. The highest BCUT2D eigenvalue weighted by Crippen LogP contribution is 2.23. The molecule has 5 heteroatoms. The topological polar surface area (TPSA) is 72.5 Å². The number of nitrogens with two attached hydrogens (primary N) is 1. The maximum atomic E-state index is 11.1. The number of rotatable bonds is 1. The van der Waals surface area contributed by atoms with Crippen molar-refractivity contribution >= 4 is 24.1 Å². The number of hydrogen-bond donors (Lipinski definition) is 2. The Hall–Kier alpha value is -1.42. The molecule has 0 saturated heterocycles. The summed E-state index contributed by atoms with van der Waals surface area (Å²) in [5, 5.41) is 9.20. The van der Waals surface area contributed by atoms with Crippen LogP contribution in [0.25, 0.3) is 0 Å². The number of phenolic OH excluding ortho intramolecular Hbond substituents is 1. The molecule has 0 amide bonds. The van der Waals surface area contributed by atoms with Gasteiger partial charge >= 0.3 is 5.97 Å².